The molecule has 5 heteroatoms. The van der Waals surface area contributed by atoms with Crippen LogP contribution in [0.5, 0.6) is 0 Å². The zero-order valence-corrected chi connectivity index (χ0v) is 8.79. The summed E-state index contributed by atoms with van der Waals surface area (Å²) >= 11 is 0. The molecule has 0 aliphatic carbocycles. The van der Waals surface area contributed by atoms with Gasteiger partial charge in [0.1, 0.15) is 11.3 Å². The molecule has 0 unspecified atom stereocenters. The predicted molar refractivity (Wildman–Crippen MR) is 55.3 cm³/mol. The van der Waals surface area contributed by atoms with Crippen LogP contribution < -0.4 is 5.32 Å². The maximum atomic E-state index is 4.37. The molecular weight excluding hydrogens is 178 g/mol. The van der Waals surface area contributed by atoms with E-state index >= 15 is 0 Å². The fraction of sp³-hybridized carbons (Fsp3) is 0.444. The molecular formula is C9H13N5. The Morgan fingerprint density at radius 3 is 2.50 bits per heavy atom. The molecule has 0 atom stereocenters. The maximum Gasteiger partial charge on any atom is 0.158 e. The molecule has 0 spiro atoms. The third-order valence-electron chi connectivity index (χ3n) is 2.31. The van der Waals surface area contributed by atoms with Gasteiger partial charge in [-0.3, -0.25) is 4.68 Å². The maximum absolute atomic E-state index is 4.37. The Balaban J connectivity index is 2.87. The minimum absolute atomic E-state index is 0.762. The second-order valence-corrected chi connectivity index (χ2v) is 3.28. The van der Waals surface area contributed by atoms with Crippen molar-refractivity contribution in [3.8, 4) is 0 Å². The zero-order valence-electron chi connectivity index (χ0n) is 8.79. The quantitative estimate of drug-likeness (QED) is 0.731. The van der Waals surface area contributed by atoms with Gasteiger partial charge in [-0.15, -0.1) is 0 Å². The lowest BCUT2D eigenvalue weighted by Gasteiger charge is -2.00. The van der Waals surface area contributed by atoms with Crippen LogP contribution in [-0.4, -0.2) is 26.8 Å². The van der Waals surface area contributed by atoms with Gasteiger partial charge in [-0.25, -0.2) is 9.97 Å². The van der Waals surface area contributed by atoms with Gasteiger partial charge in [0, 0.05) is 14.1 Å². The van der Waals surface area contributed by atoms with Crippen LogP contribution in [0.3, 0.4) is 0 Å². The molecule has 2 heterocycles. The number of hydrogen-bond acceptors (Lipinski definition) is 4. The largest absolute Gasteiger partial charge is 0.371 e. The minimum atomic E-state index is 0.762. The van der Waals surface area contributed by atoms with E-state index in [4.69, 9.17) is 0 Å². The number of aryl methyl sites for hydroxylation is 3. The molecule has 0 aromatic carbocycles. The van der Waals surface area contributed by atoms with E-state index in [0.717, 1.165) is 28.4 Å². The lowest BCUT2D eigenvalue weighted by atomic mass is 10.3. The van der Waals surface area contributed by atoms with Crippen LogP contribution >= 0.6 is 0 Å². The van der Waals surface area contributed by atoms with Crippen molar-refractivity contribution in [1.29, 1.82) is 0 Å². The summed E-state index contributed by atoms with van der Waals surface area (Å²) in [6.45, 7) is 3.88. The predicted octanol–water partition coefficient (Wildman–Crippen LogP) is 1.02. The SMILES string of the molecule is CNc1nc(C)nc2c(C)n(C)nc12. The second-order valence-electron chi connectivity index (χ2n) is 3.28. The number of anilines is 1. The number of nitrogens with one attached hydrogen (secondary N) is 1. The number of aromatic nitrogens is 4. The Hall–Kier alpha value is -1.65. The first-order valence-corrected chi connectivity index (χ1v) is 4.49. The molecule has 0 aliphatic heterocycles. The standard InChI is InChI=1S/C9H13N5/c1-5-7-8(13-14(5)4)9(10-3)12-6(2)11-7/h1-4H3,(H,10,11,12). The van der Waals surface area contributed by atoms with E-state index in [1.165, 1.54) is 0 Å². The van der Waals surface area contributed by atoms with Gasteiger partial charge in [-0.2, -0.15) is 5.10 Å². The molecule has 2 rings (SSSR count). The highest BCUT2D eigenvalue weighted by Gasteiger charge is 2.11. The van der Waals surface area contributed by atoms with Gasteiger partial charge in [0.2, 0.25) is 0 Å². The summed E-state index contributed by atoms with van der Waals surface area (Å²) in [5.74, 6) is 1.55. The molecule has 0 saturated heterocycles. The Morgan fingerprint density at radius 2 is 1.86 bits per heavy atom. The third-order valence-corrected chi connectivity index (χ3v) is 2.31. The first-order valence-electron chi connectivity index (χ1n) is 4.49. The molecule has 0 fully saturated rings. The van der Waals surface area contributed by atoms with Gasteiger partial charge in [0.15, 0.2) is 11.3 Å². The molecule has 0 amide bonds. The van der Waals surface area contributed by atoms with Crippen LogP contribution in [0.4, 0.5) is 5.82 Å². The monoisotopic (exact) mass is 191 g/mol. The summed E-state index contributed by atoms with van der Waals surface area (Å²) in [7, 11) is 3.75. The van der Waals surface area contributed by atoms with Crippen molar-refractivity contribution in [3.05, 3.63) is 11.5 Å². The summed E-state index contributed by atoms with van der Waals surface area (Å²) < 4.78 is 1.82. The van der Waals surface area contributed by atoms with E-state index in [-0.39, 0.29) is 0 Å². The molecule has 0 bridgehead atoms. The molecule has 74 valence electrons. The molecule has 0 aliphatic rings. The van der Waals surface area contributed by atoms with E-state index in [9.17, 15) is 0 Å². The van der Waals surface area contributed by atoms with E-state index in [0.29, 0.717) is 0 Å². The molecule has 0 radical (unpaired) electrons. The summed E-state index contributed by atoms with van der Waals surface area (Å²) in [6, 6.07) is 0. The van der Waals surface area contributed by atoms with Gasteiger partial charge < -0.3 is 5.32 Å². The average molecular weight is 191 g/mol. The smallest absolute Gasteiger partial charge is 0.158 e. The van der Waals surface area contributed by atoms with Crippen LogP contribution in [0.15, 0.2) is 0 Å². The number of fused-ring (bicyclic) bond motifs is 1. The fourth-order valence-electron chi connectivity index (χ4n) is 1.47. The van der Waals surface area contributed by atoms with Crippen molar-refractivity contribution in [2.45, 2.75) is 13.8 Å². The first-order chi connectivity index (χ1) is 6.63. The highest BCUT2D eigenvalue weighted by molar-refractivity contribution is 5.86. The average Bonchev–Trinajstić information content (AvgIpc) is 2.43. The van der Waals surface area contributed by atoms with Gasteiger partial charge in [0.05, 0.1) is 5.69 Å². The van der Waals surface area contributed by atoms with E-state index in [1.54, 1.807) is 0 Å². The molecule has 5 nitrogen and oxygen atoms in total. The highest BCUT2D eigenvalue weighted by Crippen LogP contribution is 2.20. The third kappa shape index (κ3) is 1.13. The van der Waals surface area contributed by atoms with Gasteiger partial charge in [0.25, 0.3) is 0 Å². The van der Waals surface area contributed by atoms with Gasteiger partial charge >= 0.3 is 0 Å². The van der Waals surface area contributed by atoms with E-state index < -0.39 is 0 Å². The van der Waals surface area contributed by atoms with Crippen LogP contribution in [0.2, 0.25) is 0 Å². The zero-order chi connectivity index (χ0) is 10.3. The summed E-state index contributed by atoms with van der Waals surface area (Å²) in [5.41, 5.74) is 2.81. The highest BCUT2D eigenvalue weighted by atomic mass is 15.3. The van der Waals surface area contributed by atoms with Crippen LogP contribution in [0, 0.1) is 13.8 Å². The number of nitrogens with zero attached hydrogens (tertiary/aromatic N) is 4. The topological polar surface area (TPSA) is 55.6 Å². The van der Waals surface area contributed by atoms with Crippen LogP contribution in [-0.2, 0) is 7.05 Å². The Morgan fingerprint density at radius 1 is 1.14 bits per heavy atom. The molecule has 1 N–H and O–H groups in total. The Bertz CT molecular complexity index is 485. The second kappa shape index (κ2) is 2.94. The van der Waals surface area contributed by atoms with Crippen molar-refractivity contribution >= 4 is 16.9 Å². The fourth-order valence-corrected chi connectivity index (χ4v) is 1.47. The van der Waals surface area contributed by atoms with Gasteiger partial charge in [-0.05, 0) is 13.8 Å². The van der Waals surface area contributed by atoms with E-state index in [1.807, 2.05) is 32.6 Å². The first kappa shape index (κ1) is 8.93. The van der Waals surface area contributed by atoms with Crippen molar-refractivity contribution in [3.63, 3.8) is 0 Å². The number of hydrogen-bond donors (Lipinski definition) is 1. The lowest BCUT2D eigenvalue weighted by Crippen LogP contribution is -1.97. The molecule has 2 aromatic rings. The summed E-state index contributed by atoms with van der Waals surface area (Å²) in [5, 5.41) is 7.38. The van der Waals surface area contributed by atoms with Crippen LogP contribution in [0.1, 0.15) is 11.5 Å². The Labute approximate surface area is 82.2 Å². The normalized spacial score (nSPS) is 10.9. The van der Waals surface area contributed by atoms with Crippen molar-refractivity contribution in [2.75, 3.05) is 12.4 Å². The summed E-state index contributed by atoms with van der Waals surface area (Å²) in [4.78, 5) is 8.65. The molecule has 0 saturated carbocycles. The summed E-state index contributed by atoms with van der Waals surface area (Å²) in [6.07, 6.45) is 0. The number of rotatable bonds is 1. The van der Waals surface area contributed by atoms with Crippen molar-refractivity contribution in [1.82, 2.24) is 19.7 Å². The molecule has 14 heavy (non-hydrogen) atoms. The van der Waals surface area contributed by atoms with Crippen molar-refractivity contribution in [2.24, 2.45) is 7.05 Å². The van der Waals surface area contributed by atoms with E-state index in [2.05, 4.69) is 20.4 Å². The Kier molecular flexibility index (Phi) is 1.87. The van der Waals surface area contributed by atoms with Crippen LogP contribution in [0.25, 0.3) is 11.0 Å². The minimum Gasteiger partial charge on any atom is -0.371 e. The van der Waals surface area contributed by atoms with Gasteiger partial charge in [-0.1, -0.05) is 0 Å². The lowest BCUT2D eigenvalue weighted by molar-refractivity contribution is 0.750. The molecule has 2 aromatic heterocycles. The van der Waals surface area contributed by atoms with Crippen molar-refractivity contribution < 1.29 is 0 Å².